The van der Waals surface area contributed by atoms with E-state index in [1.54, 1.807) is 4.90 Å². The lowest BCUT2D eigenvalue weighted by atomic mass is 9.82. The van der Waals surface area contributed by atoms with Crippen molar-refractivity contribution in [3.63, 3.8) is 0 Å². The van der Waals surface area contributed by atoms with Crippen molar-refractivity contribution in [3.8, 4) is 0 Å². The van der Waals surface area contributed by atoms with Crippen LogP contribution in [0.25, 0.3) is 0 Å². The van der Waals surface area contributed by atoms with Gasteiger partial charge in [-0.05, 0) is 18.8 Å². The molecule has 1 aliphatic rings. The van der Waals surface area contributed by atoms with Crippen molar-refractivity contribution in [2.75, 3.05) is 25.6 Å². The largest absolute Gasteiger partial charge is 0.449 e. The Labute approximate surface area is 107 Å². The average molecular weight is 262 g/mol. The van der Waals surface area contributed by atoms with E-state index in [1.807, 2.05) is 13.8 Å². The summed E-state index contributed by atoms with van der Waals surface area (Å²) in [6.45, 7) is 5.51. The fourth-order valence-corrected chi connectivity index (χ4v) is 2.08. The van der Waals surface area contributed by atoms with Gasteiger partial charge in [-0.2, -0.15) is 0 Å². The van der Waals surface area contributed by atoms with E-state index in [-0.39, 0.29) is 6.09 Å². The SMILES string of the molecule is CC(C)COC(=O)N1CCC(C=O)(CCl)CC1. The number of piperidine rings is 1. The molecule has 5 heteroatoms. The molecule has 1 heterocycles. The van der Waals surface area contributed by atoms with Crippen LogP contribution in [0.3, 0.4) is 0 Å². The number of hydrogen-bond donors (Lipinski definition) is 0. The van der Waals surface area contributed by atoms with E-state index < -0.39 is 5.41 Å². The third-order valence-electron chi connectivity index (χ3n) is 3.07. The number of nitrogens with zero attached hydrogens (tertiary/aromatic N) is 1. The summed E-state index contributed by atoms with van der Waals surface area (Å²) < 4.78 is 5.14. The highest BCUT2D eigenvalue weighted by Gasteiger charge is 2.35. The van der Waals surface area contributed by atoms with Crippen molar-refractivity contribution < 1.29 is 14.3 Å². The normalized spacial score (nSPS) is 19.2. The molecule has 0 aromatic rings. The first kappa shape index (κ1) is 14.3. The number of alkyl halides is 1. The van der Waals surface area contributed by atoms with Gasteiger partial charge >= 0.3 is 6.09 Å². The van der Waals surface area contributed by atoms with Gasteiger partial charge in [-0.15, -0.1) is 11.6 Å². The summed E-state index contributed by atoms with van der Waals surface area (Å²) in [6, 6.07) is 0. The third kappa shape index (κ3) is 3.87. The van der Waals surface area contributed by atoms with Crippen molar-refractivity contribution in [1.82, 2.24) is 4.90 Å². The van der Waals surface area contributed by atoms with Crippen LogP contribution in [0.1, 0.15) is 26.7 Å². The number of hydrogen-bond acceptors (Lipinski definition) is 3. The Morgan fingerprint density at radius 3 is 2.47 bits per heavy atom. The number of rotatable bonds is 4. The Morgan fingerprint density at radius 2 is 2.06 bits per heavy atom. The third-order valence-corrected chi connectivity index (χ3v) is 3.61. The van der Waals surface area contributed by atoms with Crippen LogP contribution < -0.4 is 0 Å². The first-order valence-corrected chi connectivity index (χ1v) is 6.50. The van der Waals surface area contributed by atoms with Crippen molar-refractivity contribution >= 4 is 24.0 Å². The molecule has 98 valence electrons. The summed E-state index contributed by atoms with van der Waals surface area (Å²) in [7, 11) is 0. The van der Waals surface area contributed by atoms with E-state index >= 15 is 0 Å². The molecule has 17 heavy (non-hydrogen) atoms. The molecule has 0 unspecified atom stereocenters. The van der Waals surface area contributed by atoms with E-state index in [9.17, 15) is 9.59 Å². The number of ether oxygens (including phenoxy) is 1. The molecule has 0 radical (unpaired) electrons. The number of halogens is 1. The maximum absolute atomic E-state index is 11.7. The summed E-state index contributed by atoms with van der Waals surface area (Å²) in [5.74, 6) is 0.659. The molecule has 0 aromatic heterocycles. The second-order valence-corrected chi connectivity index (χ2v) is 5.34. The van der Waals surface area contributed by atoms with Gasteiger partial charge in [-0.1, -0.05) is 13.8 Å². The fraction of sp³-hybridized carbons (Fsp3) is 0.833. The molecule has 1 rings (SSSR count). The van der Waals surface area contributed by atoms with Crippen molar-refractivity contribution in [1.29, 1.82) is 0 Å². The number of likely N-dealkylation sites (tertiary alicyclic amines) is 1. The summed E-state index contributed by atoms with van der Waals surface area (Å²) in [6.07, 6.45) is 1.89. The Morgan fingerprint density at radius 1 is 1.47 bits per heavy atom. The van der Waals surface area contributed by atoms with Gasteiger partial charge in [0.15, 0.2) is 0 Å². The quantitative estimate of drug-likeness (QED) is 0.576. The number of carbonyl (C=O) groups is 2. The first-order chi connectivity index (χ1) is 8.03. The van der Waals surface area contributed by atoms with E-state index in [2.05, 4.69) is 0 Å². The Bertz CT molecular complexity index is 273. The van der Waals surface area contributed by atoms with Gasteiger partial charge in [0.1, 0.15) is 6.29 Å². The second kappa shape index (κ2) is 6.24. The molecule has 0 atom stereocenters. The molecule has 0 saturated carbocycles. The molecule has 0 N–H and O–H groups in total. The molecule has 0 aromatic carbocycles. The Balaban J connectivity index is 2.41. The molecule has 1 amide bonds. The molecular weight excluding hydrogens is 242 g/mol. The highest BCUT2D eigenvalue weighted by molar-refractivity contribution is 6.19. The molecule has 1 fully saturated rings. The van der Waals surface area contributed by atoms with Crippen LogP contribution in [-0.4, -0.2) is 42.9 Å². The number of amides is 1. The van der Waals surface area contributed by atoms with Crippen LogP contribution in [0.2, 0.25) is 0 Å². The smallest absolute Gasteiger partial charge is 0.409 e. The summed E-state index contributed by atoms with van der Waals surface area (Å²) in [5, 5.41) is 0. The lowest BCUT2D eigenvalue weighted by Gasteiger charge is -2.36. The van der Waals surface area contributed by atoms with Gasteiger partial charge in [-0.25, -0.2) is 4.79 Å². The van der Waals surface area contributed by atoms with Gasteiger partial charge in [0.05, 0.1) is 6.61 Å². The van der Waals surface area contributed by atoms with Gasteiger partial charge in [0.25, 0.3) is 0 Å². The zero-order valence-corrected chi connectivity index (χ0v) is 11.2. The van der Waals surface area contributed by atoms with Crippen molar-refractivity contribution in [2.45, 2.75) is 26.7 Å². The zero-order chi connectivity index (χ0) is 12.9. The summed E-state index contributed by atoms with van der Waals surface area (Å²) >= 11 is 5.80. The average Bonchev–Trinajstić information content (AvgIpc) is 2.36. The first-order valence-electron chi connectivity index (χ1n) is 5.97. The van der Waals surface area contributed by atoms with Crippen LogP contribution >= 0.6 is 11.6 Å². The van der Waals surface area contributed by atoms with Crippen LogP contribution in [0, 0.1) is 11.3 Å². The highest BCUT2D eigenvalue weighted by atomic mass is 35.5. The van der Waals surface area contributed by atoms with Crippen LogP contribution in [0.4, 0.5) is 4.79 Å². The highest BCUT2D eigenvalue weighted by Crippen LogP contribution is 2.30. The summed E-state index contributed by atoms with van der Waals surface area (Å²) in [4.78, 5) is 24.3. The topological polar surface area (TPSA) is 46.6 Å². The van der Waals surface area contributed by atoms with E-state index in [1.165, 1.54) is 0 Å². The number of carbonyl (C=O) groups excluding carboxylic acids is 2. The molecule has 0 aliphatic carbocycles. The van der Waals surface area contributed by atoms with Crippen LogP contribution in [0.5, 0.6) is 0 Å². The standard InChI is InChI=1S/C12H20ClNO3/c1-10(2)7-17-11(16)14-5-3-12(8-13,9-15)4-6-14/h9-10H,3-8H2,1-2H3. The Kier molecular flexibility index (Phi) is 5.25. The maximum atomic E-state index is 11.7. The molecule has 1 aliphatic heterocycles. The minimum absolute atomic E-state index is 0.284. The van der Waals surface area contributed by atoms with Crippen LogP contribution in [0.15, 0.2) is 0 Å². The molecule has 0 bridgehead atoms. The van der Waals surface area contributed by atoms with Gasteiger partial charge in [0.2, 0.25) is 0 Å². The van der Waals surface area contributed by atoms with Gasteiger partial charge < -0.3 is 14.4 Å². The van der Waals surface area contributed by atoms with E-state index in [0.29, 0.717) is 44.3 Å². The van der Waals surface area contributed by atoms with Gasteiger partial charge in [0, 0.05) is 24.4 Å². The monoisotopic (exact) mass is 261 g/mol. The lowest BCUT2D eigenvalue weighted by Crippen LogP contribution is -2.45. The predicted molar refractivity (Wildman–Crippen MR) is 66.2 cm³/mol. The van der Waals surface area contributed by atoms with Crippen molar-refractivity contribution in [3.05, 3.63) is 0 Å². The minimum atomic E-state index is -0.448. The van der Waals surface area contributed by atoms with Crippen LogP contribution in [-0.2, 0) is 9.53 Å². The van der Waals surface area contributed by atoms with Crippen molar-refractivity contribution in [2.24, 2.45) is 11.3 Å². The van der Waals surface area contributed by atoms with Gasteiger partial charge in [-0.3, -0.25) is 0 Å². The molecule has 0 spiro atoms. The molecular formula is C12H20ClNO3. The minimum Gasteiger partial charge on any atom is -0.449 e. The van der Waals surface area contributed by atoms with E-state index in [4.69, 9.17) is 16.3 Å². The summed E-state index contributed by atoms with van der Waals surface area (Å²) in [5.41, 5.74) is -0.448. The predicted octanol–water partition coefficient (Wildman–Crippen LogP) is 2.30. The lowest BCUT2D eigenvalue weighted by molar-refractivity contribution is -0.117. The zero-order valence-electron chi connectivity index (χ0n) is 10.4. The number of aldehydes is 1. The fourth-order valence-electron chi connectivity index (χ4n) is 1.75. The van der Waals surface area contributed by atoms with E-state index in [0.717, 1.165) is 6.29 Å². The molecule has 4 nitrogen and oxygen atoms in total. The second-order valence-electron chi connectivity index (χ2n) is 5.07. The molecule has 1 saturated heterocycles. The Hall–Kier alpha value is -0.770. The maximum Gasteiger partial charge on any atom is 0.409 e.